The summed E-state index contributed by atoms with van der Waals surface area (Å²) in [5, 5.41) is 1.33. The molecule has 1 aromatic carbocycles. The summed E-state index contributed by atoms with van der Waals surface area (Å²) in [7, 11) is 1.86. The second kappa shape index (κ2) is 7.80. The van der Waals surface area contributed by atoms with Gasteiger partial charge in [-0.3, -0.25) is 4.79 Å². The van der Waals surface area contributed by atoms with E-state index in [1.165, 1.54) is 23.9 Å². The van der Waals surface area contributed by atoms with E-state index in [1.54, 1.807) is 30.5 Å². The van der Waals surface area contributed by atoms with E-state index in [0.29, 0.717) is 22.5 Å². The molecule has 0 unspecified atom stereocenters. The van der Waals surface area contributed by atoms with Crippen molar-refractivity contribution in [3.63, 3.8) is 0 Å². The van der Waals surface area contributed by atoms with Crippen LogP contribution < -0.4 is 15.8 Å². The first-order valence-electron chi connectivity index (χ1n) is 8.48. The van der Waals surface area contributed by atoms with Crippen LogP contribution in [0, 0.1) is 0 Å². The molecule has 4 aromatic rings. The van der Waals surface area contributed by atoms with Gasteiger partial charge in [0, 0.05) is 30.9 Å². The maximum Gasteiger partial charge on any atom is 0.351 e. The molecule has 0 saturated heterocycles. The van der Waals surface area contributed by atoms with Gasteiger partial charge in [0.2, 0.25) is 11.2 Å². The van der Waals surface area contributed by atoms with Crippen LogP contribution in [0.5, 0.6) is 5.75 Å². The molecule has 0 aliphatic rings. The van der Waals surface area contributed by atoms with Crippen molar-refractivity contribution >= 4 is 28.7 Å². The van der Waals surface area contributed by atoms with Crippen LogP contribution in [0.1, 0.15) is 16.1 Å². The molecular formula is C20H14N2O6S. The monoisotopic (exact) mass is 410 g/mol. The molecule has 0 bridgehead atoms. The van der Waals surface area contributed by atoms with Crippen molar-refractivity contribution in [3.05, 3.63) is 87.0 Å². The van der Waals surface area contributed by atoms with Crippen molar-refractivity contribution in [2.45, 2.75) is 10.9 Å². The second-order valence-electron chi connectivity index (χ2n) is 6.06. The molecule has 146 valence electrons. The Bertz CT molecular complexity index is 1320. The number of thioether (sulfide) groups is 1. The van der Waals surface area contributed by atoms with Gasteiger partial charge in [-0.25, -0.2) is 14.6 Å². The van der Waals surface area contributed by atoms with Crippen LogP contribution >= 0.6 is 11.8 Å². The van der Waals surface area contributed by atoms with Crippen molar-refractivity contribution in [1.29, 1.82) is 0 Å². The van der Waals surface area contributed by atoms with Crippen molar-refractivity contribution < 1.29 is 18.4 Å². The van der Waals surface area contributed by atoms with Crippen LogP contribution in [-0.2, 0) is 12.8 Å². The number of ether oxygens (including phenoxy) is 1. The molecule has 9 heteroatoms. The number of fused-ring (bicyclic) bond motifs is 1. The van der Waals surface area contributed by atoms with Gasteiger partial charge in [-0.1, -0.05) is 30.0 Å². The minimum Gasteiger partial charge on any atom is -0.464 e. The van der Waals surface area contributed by atoms with E-state index in [1.807, 2.05) is 17.8 Å². The molecule has 0 atom stereocenters. The summed E-state index contributed by atoms with van der Waals surface area (Å²) in [5.74, 6) is -0.531. The Morgan fingerprint density at radius 3 is 2.83 bits per heavy atom. The summed E-state index contributed by atoms with van der Waals surface area (Å²) in [5.41, 5.74) is -1.34. The number of rotatable bonds is 5. The SMILES string of the molecule is Cn1ccnc1SCc1cc(=O)c(OC(=O)c2cc3ccccc3oc2=O)co1. The fourth-order valence-corrected chi connectivity index (χ4v) is 3.40. The molecule has 0 N–H and O–H groups in total. The van der Waals surface area contributed by atoms with E-state index in [4.69, 9.17) is 13.6 Å². The number of aromatic nitrogens is 2. The van der Waals surface area contributed by atoms with Crippen molar-refractivity contribution in [2.24, 2.45) is 7.05 Å². The predicted octanol–water partition coefficient (Wildman–Crippen LogP) is 2.99. The normalized spacial score (nSPS) is 10.9. The molecule has 0 fully saturated rings. The summed E-state index contributed by atoms with van der Waals surface area (Å²) >= 11 is 1.39. The Labute approximate surface area is 167 Å². The van der Waals surface area contributed by atoms with Gasteiger partial charge in [0.05, 0.1) is 5.75 Å². The molecule has 0 aliphatic heterocycles. The third-order valence-corrected chi connectivity index (χ3v) is 5.12. The second-order valence-corrected chi connectivity index (χ2v) is 7.00. The van der Waals surface area contributed by atoms with E-state index in [-0.39, 0.29) is 11.3 Å². The first-order chi connectivity index (χ1) is 14.0. The minimum atomic E-state index is -0.994. The first kappa shape index (κ1) is 18.8. The molecule has 0 spiro atoms. The van der Waals surface area contributed by atoms with Crippen LogP contribution in [0.15, 0.2) is 78.6 Å². The van der Waals surface area contributed by atoms with E-state index in [2.05, 4.69) is 4.98 Å². The topological polar surface area (TPSA) is 105 Å². The van der Waals surface area contributed by atoms with Gasteiger partial charge in [-0.2, -0.15) is 0 Å². The molecular weight excluding hydrogens is 396 g/mol. The van der Waals surface area contributed by atoms with Gasteiger partial charge in [0.15, 0.2) is 5.16 Å². The van der Waals surface area contributed by atoms with Gasteiger partial charge in [-0.15, -0.1) is 0 Å². The highest BCUT2D eigenvalue weighted by Crippen LogP contribution is 2.21. The number of imidazole rings is 1. The minimum absolute atomic E-state index is 0.308. The average molecular weight is 410 g/mol. The number of benzene rings is 1. The van der Waals surface area contributed by atoms with Crippen LogP contribution in [-0.4, -0.2) is 15.5 Å². The number of hydrogen-bond donors (Lipinski definition) is 0. The molecule has 29 heavy (non-hydrogen) atoms. The molecule has 8 nitrogen and oxygen atoms in total. The predicted molar refractivity (Wildman–Crippen MR) is 105 cm³/mol. The van der Waals surface area contributed by atoms with E-state index in [0.717, 1.165) is 11.4 Å². The van der Waals surface area contributed by atoms with E-state index in [9.17, 15) is 14.4 Å². The summed E-state index contributed by atoms with van der Waals surface area (Å²) in [6, 6.07) is 9.36. The number of hydrogen-bond acceptors (Lipinski definition) is 8. The summed E-state index contributed by atoms with van der Waals surface area (Å²) in [6.07, 6.45) is 4.53. The maximum atomic E-state index is 12.4. The first-order valence-corrected chi connectivity index (χ1v) is 9.47. The zero-order valence-corrected chi connectivity index (χ0v) is 16.0. The van der Waals surface area contributed by atoms with Gasteiger partial charge < -0.3 is 18.1 Å². The molecule has 3 aromatic heterocycles. The zero-order valence-electron chi connectivity index (χ0n) is 15.2. The lowest BCUT2D eigenvalue weighted by Gasteiger charge is -2.05. The van der Waals surface area contributed by atoms with Gasteiger partial charge in [-0.05, 0) is 12.1 Å². The lowest BCUT2D eigenvalue weighted by Crippen LogP contribution is -2.21. The number of para-hydroxylation sites is 1. The highest BCUT2D eigenvalue weighted by atomic mass is 32.2. The smallest absolute Gasteiger partial charge is 0.351 e. The number of aryl methyl sites for hydroxylation is 1. The Morgan fingerprint density at radius 2 is 2.07 bits per heavy atom. The van der Waals surface area contributed by atoms with E-state index >= 15 is 0 Å². The number of esters is 1. The Hall–Kier alpha value is -3.59. The average Bonchev–Trinajstić information content (AvgIpc) is 3.12. The quantitative estimate of drug-likeness (QED) is 0.281. The largest absolute Gasteiger partial charge is 0.464 e. The van der Waals surface area contributed by atoms with Crippen LogP contribution in [0.4, 0.5) is 0 Å². The highest BCUT2D eigenvalue weighted by molar-refractivity contribution is 7.98. The number of carbonyl (C=O) groups excluding carboxylic acids is 1. The fraction of sp³-hybridized carbons (Fsp3) is 0.100. The highest BCUT2D eigenvalue weighted by Gasteiger charge is 2.18. The third kappa shape index (κ3) is 3.99. The van der Waals surface area contributed by atoms with Gasteiger partial charge >= 0.3 is 11.6 Å². The molecule has 0 saturated carbocycles. The van der Waals surface area contributed by atoms with Crippen LogP contribution in [0.25, 0.3) is 11.0 Å². The van der Waals surface area contributed by atoms with E-state index < -0.39 is 17.0 Å². The Morgan fingerprint density at radius 1 is 1.24 bits per heavy atom. The van der Waals surface area contributed by atoms with Crippen LogP contribution in [0.2, 0.25) is 0 Å². The fourth-order valence-electron chi connectivity index (χ4n) is 2.57. The standard InChI is InChI=1S/C20H14N2O6S/c1-22-7-6-21-20(22)29-11-13-9-15(23)17(10-26-13)28-19(25)14-8-12-4-2-3-5-16(12)27-18(14)24/h2-10H,11H2,1H3. The molecule has 0 amide bonds. The maximum absolute atomic E-state index is 12.4. The van der Waals surface area contributed by atoms with Crippen molar-refractivity contribution in [2.75, 3.05) is 0 Å². The van der Waals surface area contributed by atoms with Crippen LogP contribution in [0.3, 0.4) is 0 Å². The zero-order chi connectivity index (χ0) is 20.4. The Balaban J connectivity index is 1.51. The molecule has 0 radical (unpaired) electrons. The number of carbonyl (C=O) groups is 1. The van der Waals surface area contributed by atoms with Gasteiger partial charge in [0.1, 0.15) is 23.2 Å². The lowest BCUT2D eigenvalue weighted by molar-refractivity contribution is 0.0724. The summed E-state index contributed by atoms with van der Waals surface area (Å²) in [4.78, 5) is 40.8. The Kier molecular flexibility index (Phi) is 5.05. The summed E-state index contributed by atoms with van der Waals surface area (Å²) < 4.78 is 17.4. The van der Waals surface area contributed by atoms with Gasteiger partial charge in [0.25, 0.3) is 0 Å². The number of nitrogens with zero attached hydrogens (tertiary/aromatic N) is 2. The van der Waals surface area contributed by atoms with Crippen molar-refractivity contribution in [1.82, 2.24) is 9.55 Å². The molecule has 3 heterocycles. The summed E-state index contributed by atoms with van der Waals surface area (Å²) in [6.45, 7) is 0. The third-order valence-electron chi connectivity index (χ3n) is 4.04. The molecule has 0 aliphatic carbocycles. The van der Waals surface area contributed by atoms with Crippen molar-refractivity contribution in [3.8, 4) is 5.75 Å². The molecule has 4 rings (SSSR count). The lowest BCUT2D eigenvalue weighted by atomic mass is 10.2.